The van der Waals surface area contributed by atoms with E-state index in [-0.39, 0.29) is 12.1 Å². The number of hydrogen-bond donors (Lipinski definition) is 2. The van der Waals surface area contributed by atoms with Crippen LogP contribution in [-0.2, 0) is 4.74 Å². The molecule has 1 saturated heterocycles. The van der Waals surface area contributed by atoms with Crippen molar-refractivity contribution < 1.29 is 9.84 Å². The Morgan fingerprint density at radius 1 is 1.38 bits per heavy atom. The van der Waals surface area contributed by atoms with E-state index in [0.717, 1.165) is 31.3 Å². The minimum atomic E-state index is -0.386. The minimum absolute atomic E-state index is 0.0834. The Bertz CT molecular complexity index is 182. The first-order chi connectivity index (χ1) is 7.64. The van der Waals surface area contributed by atoms with E-state index in [1.807, 2.05) is 6.92 Å². The highest BCUT2D eigenvalue weighted by molar-refractivity contribution is 7.99. The summed E-state index contributed by atoms with van der Waals surface area (Å²) >= 11 is 2.07. The molecule has 3 N–H and O–H groups in total. The Morgan fingerprint density at radius 2 is 2.06 bits per heavy atom. The highest BCUT2D eigenvalue weighted by Crippen LogP contribution is 2.23. The van der Waals surface area contributed by atoms with Crippen LogP contribution in [0.2, 0.25) is 0 Å². The quantitative estimate of drug-likeness (QED) is 0.673. The third-order valence-electron chi connectivity index (χ3n) is 3.03. The highest BCUT2D eigenvalue weighted by Gasteiger charge is 2.16. The SMILES string of the molecule is CC(N)(CO)CCCCSC1CCOCC1. The van der Waals surface area contributed by atoms with E-state index >= 15 is 0 Å². The molecular formula is C12H25NO2S. The number of nitrogens with two attached hydrogens (primary N) is 1. The summed E-state index contributed by atoms with van der Waals surface area (Å²) < 4.78 is 5.33. The van der Waals surface area contributed by atoms with Crippen LogP contribution < -0.4 is 5.73 Å². The van der Waals surface area contributed by atoms with Gasteiger partial charge in [0.15, 0.2) is 0 Å². The van der Waals surface area contributed by atoms with Gasteiger partial charge in [-0.1, -0.05) is 6.42 Å². The molecule has 3 nitrogen and oxygen atoms in total. The van der Waals surface area contributed by atoms with Gasteiger partial charge >= 0.3 is 0 Å². The van der Waals surface area contributed by atoms with E-state index in [1.54, 1.807) is 0 Å². The lowest BCUT2D eigenvalue weighted by molar-refractivity contribution is 0.100. The smallest absolute Gasteiger partial charge is 0.0608 e. The standard InChI is InChI=1S/C12H25NO2S/c1-12(13,10-14)6-2-3-9-16-11-4-7-15-8-5-11/h11,14H,2-10,13H2,1H3. The van der Waals surface area contributed by atoms with E-state index in [4.69, 9.17) is 15.6 Å². The lowest BCUT2D eigenvalue weighted by atomic mass is 9.98. The van der Waals surface area contributed by atoms with Gasteiger partial charge in [-0.3, -0.25) is 0 Å². The molecule has 0 aliphatic carbocycles. The molecule has 1 atom stereocenters. The molecule has 0 amide bonds. The first kappa shape index (κ1) is 14.3. The van der Waals surface area contributed by atoms with Gasteiger partial charge in [-0.15, -0.1) is 0 Å². The molecule has 0 aromatic carbocycles. The van der Waals surface area contributed by atoms with E-state index in [9.17, 15) is 0 Å². The second-order valence-corrected chi connectivity index (χ2v) is 6.36. The largest absolute Gasteiger partial charge is 0.394 e. The van der Waals surface area contributed by atoms with Crippen LogP contribution >= 0.6 is 11.8 Å². The normalized spacial score (nSPS) is 21.9. The average molecular weight is 247 g/mol. The summed E-state index contributed by atoms with van der Waals surface area (Å²) in [5.41, 5.74) is 5.48. The van der Waals surface area contributed by atoms with Crippen molar-refractivity contribution in [1.82, 2.24) is 0 Å². The molecule has 1 aliphatic rings. The Kier molecular flexibility index (Phi) is 6.73. The van der Waals surface area contributed by atoms with Crippen LogP contribution in [0.3, 0.4) is 0 Å². The number of unbranched alkanes of at least 4 members (excludes halogenated alkanes) is 1. The lowest BCUT2D eigenvalue weighted by Crippen LogP contribution is -2.39. The van der Waals surface area contributed by atoms with Crippen molar-refractivity contribution in [2.75, 3.05) is 25.6 Å². The van der Waals surface area contributed by atoms with E-state index < -0.39 is 0 Å². The predicted molar refractivity (Wildman–Crippen MR) is 69.8 cm³/mol. The first-order valence-corrected chi connectivity index (χ1v) is 7.28. The minimum Gasteiger partial charge on any atom is -0.394 e. The predicted octanol–water partition coefficient (Wildman–Crippen LogP) is 1.78. The van der Waals surface area contributed by atoms with Crippen LogP contribution in [0.5, 0.6) is 0 Å². The maximum Gasteiger partial charge on any atom is 0.0608 e. The Hall–Kier alpha value is 0.230. The van der Waals surface area contributed by atoms with Crippen molar-refractivity contribution in [3.8, 4) is 0 Å². The molecule has 0 aromatic rings. The third-order valence-corrected chi connectivity index (χ3v) is 4.49. The molecule has 0 saturated carbocycles. The third kappa shape index (κ3) is 6.09. The summed E-state index contributed by atoms with van der Waals surface area (Å²) in [7, 11) is 0. The molecule has 0 aromatic heterocycles. The van der Waals surface area contributed by atoms with Crippen LogP contribution in [0.4, 0.5) is 0 Å². The molecule has 4 heteroatoms. The molecule has 16 heavy (non-hydrogen) atoms. The zero-order chi connectivity index (χ0) is 11.9. The van der Waals surface area contributed by atoms with Gasteiger partial charge in [-0.25, -0.2) is 0 Å². The van der Waals surface area contributed by atoms with E-state index in [1.165, 1.54) is 25.0 Å². The van der Waals surface area contributed by atoms with Crippen LogP contribution in [0.15, 0.2) is 0 Å². The second kappa shape index (κ2) is 7.54. The fraction of sp³-hybridized carbons (Fsp3) is 1.00. The van der Waals surface area contributed by atoms with Gasteiger partial charge in [0.25, 0.3) is 0 Å². The van der Waals surface area contributed by atoms with E-state index in [0.29, 0.717) is 0 Å². The zero-order valence-corrected chi connectivity index (χ0v) is 11.1. The Labute approximate surface area is 103 Å². The summed E-state index contributed by atoms with van der Waals surface area (Å²) in [5, 5.41) is 9.81. The van der Waals surface area contributed by atoms with Gasteiger partial charge in [0.2, 0.25) is 0 Å². The molecule has 0 radical (unpaired) electrons. The molecule has 0 spiro atoms. The van der Waals surface area contributed by atoms with Gasteiger partial charge in [-0.05, 0) is 38.4 Å². The topological polar surface area (TPSA) is 55.5 Å². The van der Waals surface area contributed by atoms with Gasteiger partial charge in [-0.2, -0.15) is 11.8 Å². The highest BCUT2D eigenvalue weighted by atomic mass is 32.2. The first-order valence-electron chi connectivity index (χ1n) is 6.23. The molecule has 1 unspecified atom stereocenters. The number of hydrogen-bond acceptors (Lipinski definition) is 4. The number of ether oxygens (including phenoxy) is 1. The fourth-order valence-corrected chi connectivity index (χ4v) is 3.03. The van der Waals surface area contributed by atoms with Crippen molar-refractivity contribution in [3.63, 3.8) is 0 Å². The molecule has 0 bridgehead atoms. The summed E-state index contributed by atoms with van der Waals surface area (Å²) in [6, 6.07) is 0. The van der Waals surface area contributed by atoms with Gasteiger partial charge in [0.05, 0.1) is 6.61 Å². The second-order valence-electron chi connectivity index (χ2n) is 4.95. The molecule has 1 aliphatic heterocycles. The maximum atomic E-state index is 9.01. The van der Waals surface area contributed by atoms with Gasteiger partial charge < -0.3 is 15.6 Å². The summed E-state index contributed by atoms with van der Waals surface area (Å²) in [6.45, 7) is 3.87. The van der Waals surface area contributed by atoms with Crippen molar-refractivity contribution in [2.45, 2.75) is 49.8 Å². The maximum absolute atomic E-state index is 9.01. The number of rotatable bonds is 7. The van der Waals surface area contributed by atoms with Crippen LogP contribution in [0.1, 0.15) is 39.0 Å². The summed E-state index contributed by atoms with van der Waals surface area (Å²) in [6.07, 6.45) is 5.64. The number of thioether (sulfide) groups is 1. The number of aliphatic hydroxyl groups is 1. The van der Waals surface area contributed by atoms with Gasteiger partial charge in [0, 0.05) is 24.0 Å². The van der Waals surface area contributed by atoms with Crippen molar-refractivity contribution in [3.05, 3.63) is 0 Å². The summed E-state index contributed by atoms with van der Waals surface area (Å²) in [5.74, 6) is 1.21. The monoisotopic (exact) mass is 247 g/mol. The van der Waals surface area contributed by atoms with Crippen LogP contribution in [-0.4, -0.2) is 41.5 Å². The van der Waals surface area contributed by atoms with Crippen molar-refractivity contribution in [1.29, 1.82) is 0 Å². The zero-order valence-electron chi connectivity index (χ0n) is 10.3. The molecule has 1 heterocycles. The Balaban J connectivity index is 1.95. The molecule has 96 valence electrons. The van der Waals surface area contributed by atoms with Crippen molar-refractivity contribution in [2.24, 2.45) is 5.73 Å². The van der Waals surface area contributed by atoms with Gasteiger partial charge in [0.1, 0.15) is 0 Å². The number of aliphatic hydroxyl groups excluding tert-OH is 1. The van der Waals surface area contributed by atoms with E-state index in [2.05, 4.69) is 11.8 Å². The molecular weight excluding hydrogens is 222 g/mol. The average Bonchev–Trinajstić information content (AvgIpc) is 2.30. The molecule has 1 rings (SSSR count). The lowest BCUT2D eigenvalue weighted by Gasteiger charge is -2.23. The van der Waals surface area contributed by atoms with Crippen LogP contribution in [0, 0.1) is 0 Å². The van der Waals surface area contributed by atoms with Crippen LogP contribution in [0.25, 0.3) is 0 Å². The fourth-order valence-electron chi connectivity index (χ4n) is 1.80. The Morgan fingerprint density at radius 3 is 2.69 bits per heavy atom. The van der Waals surface area contributed by atoms with Crippen molar-refractivity contribution >= 4 is 11.8 Å². The summed E-state index contributed by atoms with van der Waals surface area (Å²) in [4.78, 5) is 0. The molecule has 1 fully saturated rings.